The number of benzene rings is 1. The van der Waals surface area contributed by atoms with Crippen molar-refractivity contribution in [3.63, 3.8) is 0 Å². The summed E-state index contributed by atoms with van der Waals surface area (Å²) in [7, 11) is 0. The second-order valence-electron chi connectivity index (χ2n) is 8.24. The summed E-state index contributed by atoms with van der Waals surface area (Å²) in [5.74, 6) is -0.286. The molecule has 150 valence electrons. The molecular weight excluding hydrogens is 377 g/mol. The maximum Gasteiger partial charge on any atom is 0.141 e. The lowest BCUT2D eigenvalue weighted by molar-refractivity contribution is -0.109. The average Bonchev–Trinajstić information content (AvgIpc) is 3.13. The lowest BCUT2D eigenvalue weighted by Crippen LogP contribution is -2.48. The minimum absolute atomic E-state index is 0.0754. The molecule has 2 aromatic rings. The molecular formula is C23H27ClFNO2. The molecule has 0 radical (unpaired) electrons. The first-order valence-corrected chi connectivity index (χ1v) is 10.6. The van der Waals surface area contributed by atoms with Gasteiger partial charge in [0.1, 0.15) is 5.82 Å². The Morgan fingerprint density at radius 1 is 1.11 bits per heavy atom. The minimum atomic E-state index is -0.286. The molecule has 1 aromatic heterocycles. The fourth-order valence-electron chi connectivity index (χ4n) is 4.80. The number of pyridine rings is 1. The molecule has 2 aliphatic rings. The molecule has 3 heterocycles. The molecule has 2 aliphatic heterocycles. The van der Waals surface area contributed by atoms with Crippen LogP contribution in [0.25, 0.3) is 0 Å². The summed E-state index contributed by atoms with van der Waals surface area (Å²) in [6.07, 6.45) is 8.31. The maximum atomic E-state index is 13.5. The van der Waals surface area contributed by atoms with Gasteiger partial charge in [0, 0.05) is 35.8 Å². The third-order valence-electron chi connectivity index (χ3n) is 6.25. The van der Waals surface area contributed by atoms with Crippen molar-refractivity contribution >= 4 is 11.6 Å². The van der Waals surface area contributed by atoms with Gasteiger partial charge in [0.15, 0.2) is 0 Å². The quantitative estimate of drug-likeness (QED) is 0.597. The van der Waals surface area contributed by atoms with Crippen molar-refractivity contribution < 1.29 is 13.9 Å². The lowest BCUT2D eigenvalue weighted by Gasteiger charge is -2.45. The SMILES string of the molecule is Fc1ccc([C@]2(CCCCc3cccc(Cl)c3)CCO[C@]3(CCOC3)C2)nc1. The predicted molar refractivity (Wildman–Crippen MR) is 108 cm³/mol. The van der Waals surface area contributed by atoms with Crippen LogP contribution in [0.4, 0.5) is 4.39 Å². The van der Waals surface area contributed by atoms with Crippen molar-refractivity contribution in [2.45, 2.75) is 56.0 Å². The number of hydrogen-bond acceptors (Lipinski definition) is 3. The second kappa shape index (κ2) is 8.48. The highest BCUT2D eigenvalue weighted by Gasteiger charge is 2.49. The van der Waals surface area contributed by atoms with Crippen LogP contribution >= 0.6 is 11.6 Å². The summed E-state index contributed by atoms with van der Waals surface area (Å²) in [4.78, 5) is 4.49. The Morgan fingerprint density at radius 3 is 2.79 bits per heavy atom. The zero-order valence-electron chi connectivity index (χ0n) is 16.1. The maximum absolute atomic E-state index is 13.5. The lowest BCUT2D eigenvalue weighted by atomic mass is 9.67. The first-order chi connectivity index (χ1) is 13.6. The summed E-state index contributed by atoms with van der Waals surface area (Å²) >= 11 is 6.10. The second-order valence-corrected chi connectivity index (χ2v) is 8.68. The van der Waals surface area contributed by atoms with Gasteiger partial charge in [-0.3, -0.25) is 4.98 Å². The zero-order valence-corrected chi connectivity index (χ0v) is 16.9. The highest BCUT2D eigenvalue weighted by molar-refractivity contribution is 6.30. The highest BCUT2D eigenvalue weighted by Crippen LogP contribution is 2.47. The normalized spacial score (nSPS) is 27.4. The molecule has 1 spiro atoms. The van der Waals surface area contributed by atoms with E-state index >= 15 is 0 Å². The van der Waals surface area contributed by atoms with Crippen molar-refractivity contribution in [2.75, 3.05) is 19.8 Å². The number of aryl methyl sites for hydroxylation is 1. The Kier molecular flexibility index (Phi) is 6.00. The van der Waals surface area contributed by atoms with E-state index in [0.717, 1.165) is 62.3 Å². The van der Waals surface area contributed by atoms with Gasteiger partial charge in [-0.15, -0.1) is 0 Å². The molecule has 2 saturated heterocycles. The van der Waals surface area contributed by atoms with Gasteiger partial charge in [-0.25, -0.2) is 4.39 Å². The van der Waals surface area contributed by atoms with Gasteiger partial charge in [-0.05, 0) is 61.9 Å². The van der Waals surface area contributed by atoms with E-state index in [0.29, 0.717) is 13.2 Å². The molecule has 2 atom stereocenters. The summed E-state index contributed by atoms with van der Waals surface area (Å²) < 4.78 is 25.3. The molecule has 3 nitrogen and oxygen atoms in total. The van der Waals surface area contributed by atoms with Gasteiger partial charge in [-0.2, -0.15) is 0 Å². The van der Waals surface area contributed by atoms with Gasteiger partial charge in [0.25, 0.3) is 0 Å². The Morgan fingerprint density at radius 2 is 2.04 bits per heavy atom. The zero-order chi connectivity index (χ0) is 19.5. The van der Waals surface area contributed by atoms with E-state index in [-0.39, 0.29) is 16.8 Å². The van der Waals surface area contributed by atoms with Crippen molar-refractivity contribution in [1.82, 2.24) is 4.98 Å². The predicted octanol–water partition coefficient (Wildman–Crippen LogP) is 5.49. The molecule has 0 N–H and O–H groups in total. The first kappa shape index (κ1) is 19.8. The monoisotopic (exact) mass is 403 g/mol. The molecule has 1 aromatic carbocycles. The number of halogens is 2. The Labute approximate surface area is 171 Å². The van der Waals surface area contributed by atoms with Crippen LogP contribution in [0.1, 0.15) is 49.8 Å². The number of rotatable bonds is 6. The molecule has 2 fully saturated rings. The van der Waals surface area contributed by atoms with E-state index in [9.17, 15) is 4.39 Å². The van der Waals surface area contributed by atoms with Crippen molar-refractivity contribution in [2.24, 2.45) is 0 Å². The number of hydrogen-bond donors (Lipinski definition) is 0. The number of nitrogens with zero attached hydrogens (tertiary/aromatic N) is 1. The molecule has 0 aliphatic carbocycles. The van der Waals surface area contributed by atoms with Gasteiger partial charge >= 0.3 is 0 Å². The highest BCUT2D eigenvalue weighted by atomic mass is 35.5. The summed E-state index contributed by atoms with van der Waals surface area (Å²) in [5.41, 5.74) is 1.98. The van der Waals surface area contributed by atoms with E-state index in [4.69, 9.17) is 21.1 Å². The largest absolute Gasteiger partial charge is 0.378 e. The molecule has 0 saturated carbocycles. The van der Waals surface area contributed by atoms with Crippen LogP contribution in [0.5, 0.6) is 0 Å². The van der Waals surface area contributed by atoms with Gasteiger partial charge < -0.3 is 9.47 Å². The smallest absolute Gasteiger partial charge is 0.141 e. The van der Waals surface area contributed by atoms with E-state index in [1.165, 1.54) is 17.8 Å². The van der Waals surface area contributed by atoms with E-state index in [1.807, 2.05) is 24.3 Å². The van der Waals surface area contributed by atoms with Crippen LogP contribution in [0.2, 0.25) is 5.02 Å². The van der Waals surface area contributed by atoms with Crippen LogP contribution in [0.15, 0.2) is 42.6 Å². The molecule has 0 amide bonds. The third kappa shape index (κ3) is 4.40. The number of aromatic nitrogens is 1. The third-order valence-corrected chi connectivity index (χ3v) is 6.48. The Bertz CT molecular complexity index is 791. The molecule has 4 rings (SSSR count). The van der Waals surface area contributed by atoms with Gasteiger partial charge in [0.05, 0.1) is 18.4 Å². The minimum Gasteiger partial charge on any atom is -0.378 e. The van der Waals surface area contributed by atoms with E-state index in [2.05, 4.69) is 11.1 Å². The van der Waals surface area contributed by atoms with Crippen LogP contribution in [-0.2, 0) is 21.3 Å². The summed E-state index contributed by atoms with van der Waals surface area (Å²) in [6.45, 7) is 2.11. The number of ether oxygens (including phenoxy) is 2. The molecule has 5 heteroatoms. The summed E-state index contributed by atoms with van der Waals surface area (Å²) in [5, 5.41) is 0.789. The number of unbranched alkanes of at least 4 members (excludes halogenated alkanes) is 1. The van der Waals surface area contributed by atoms with E-state index < -0.39 is 0 Å². The molecule has 0 unspecified atom stereocenters. The average molecular weight is 404 g/mol. The summed E-state index contributed by atoms with van der Waals surface area (Å²) in [6, 6.07) is 11.5. The Balaban J connectivity index is 1.47. The van der Waals surface area contributed by atoms with Crippen molar-refractivity contribution in [3.05, 3.63) is 64.7 Å². The van der Waals surface area contributed by atoms with Gasteiger partial charge in [-0.1, -0.05) is 30.2 Å². The van der Waals surface area contributed by atoms with E-state index in [1.54, 1.807) is 0 Å². The standard InChI is InChI=1S/C23H27ClFNO2/c24-19-6-3-5-18(14-19)4-1-2-9-22(21-8-7-20(25)15-26-21)10-13-28-23(16-22)11-12-27-17-23/h3,5-8,14-15H,1-2,4,9-13,16-17H2/t22-,23-/m1/s1. The van der Waals surface area contributed by atoms with Crippen molar-refractivity contribution in [1.29, 1.82) is 0 Å². The van der Waals surface area contributed by atoms with Gasteiger partial charge in [0.2, 0.25) is 0 Å². The first-order valence-electron chi connectivity index (χ1n) is 10.2. The topological polar surface area (TPSA) is 31.4 Å². The van der Waals surface area contributed by atoms with Crippen LogP contribution in [0, 0.1) is 5.82 Å². The van der Waals surface area contributed by atoms with Crippen molar-refractivity contribution in [3.8, 4) is 0 Å². The molecule has 0 bridgehead atoms. The Hall–Kier alpha value is -1.49. The fourth-order valence-corrected chi connectivity index (χ4v) is 5.01. The van der Waals surface area contributed by atoms with Crippen LogP contribution in [-0.4, -0.2) is 30.4 Å². The molecule has 28 heavy (non-hydrogen) atoms. The van der Waals surface area contributed by atoms with Crippen LogP contribution < -0.4 is 0 Å². The van der Waals surface area contributed by atoms with Crippen LogP contribution in [0.3, 0.4) is 0 Å². The fraction of sp³-hybridized carbons (Fsp3) is 0.522.